The molecule has 0 saturated heterocycles. The maximum absolute atomic E-state index is 11.9. The highest BCUT2D eigenvalue weighted by molar-refractivity contribution is 5.95. The van der Waals surface area contributed by atoms with Crippen LogP contribution in [-0.4, -0.2) is 22.3 Å². The first-order chi connectivity index (χ1) is 12.1. The highest BCUT2D eigenvalue weighted by Crippen LogP contribution is 2.27. The van der Waals surface area contributed by atoms with E-state index >= 15 is 0 Å². The van der Waals surface area contributed by atoms with Crippen LogP contribution < -0.4 is 5.43 Å². The summed E-state index contributed by atoms with van der Waals surface area (Å²) in [7, 11) is 0. The summed E-state index contributed by atoms with van der Waals surface area (Å²) in [5.41, 5.74) is 4.15. The minimum atomic E-state index is -0.324. The number of amides is 1. The number of benzene rings is 2. The largest absolute Gasteiger partial charge is 0.508 e. The molecular weight excluding hydrogens is 316 g/mol. The van der Waals surface area contributed by atoms with Crippen molar-refractivity contribution in [3.63, 3.8) is 0 Å². The molecule has 2 aromatic rings. The number of carbonyl (C=O) groups is 1. The Morgan fingerprint density at radius 3 is 2.56 bits per heavy atom. The summed E-state index contributed by atoms with van der Waals surface area (Å²) in [6.07, 6.45) is 6.52. The molecule has 0 saturated carbocycles. The Morgan fingerprint density at radius 1 is 1.08 bits per heavy atom. The van der Waals surface area contributed by atoms with Crippen LogP contribution in [0, 0.1) is 0 Å². The quantitative estimate of drug-likeness (QED) is 0.386. The van der Waals surface area contributed by atoms with E-state index < -0.39 is 0 Å². The molecule has 0 aliphatic rings. The number of carbonyl (C=O) groups excluding carboxylic acids is 1. The fourth-order valence-electron chi connectivity index (χ4n) is 2.50. The Morgan fingerprint density at radius 2 is 1.84 bits per heavy atom. The Hall–Kier alpha value is -2.82. The number of hydrogen-bond acceptors (Lipinski definition) is 4. The van der Waals surface area contributed by atoms with Crippen LogP contribution in [0.1, 0.15) is 54.1 Å². The summed E-state index contributed by atoms with van der Waals surface area (Å²) in [5.74, 6) is -0.318. The van der Waals surface area contributed by atoms with Crippen molar-refractivity contribution < 1.29 is 15.0 Å². The molecule has 0 aromatic heterocycles. The van der Waals surface area contributed by atoms with Crippen LogP contribution in [0.5, 0.6) is 11.5 Å². The van der Waals surface area contributed by atoms with E-state index in [-0.39, 0.29) is 17.4 Å². The number of rotatable bonds is 8. The van der Waals surface area contributed by atoms with Crippen molar-refractivity contribution in [2.75, 3.05) is 0 Å². The molecule has 2 aromatic carbocycles. The van der Waals surface area contributed by atoms with E-state index in [4.69, 9.17) is 0 Å². The number of nitrogens with one attached hydrogen (secondary N) is 1. The Kier molecular flexibility index (Phi) is 7.01. The standard InChI is InChI=1S/C20H24N2O3/c1-2-3-4-6-11-16-12-17(19(24)13-18(16)23)14-21-22-20(25)15-9-7-5-8-10-15/h5,7-10,12-14,23-24H,2-4,6,11H2,1H3,(H,22,25)/b21-14-. The van der Waals surface area contributed by atoms with Crippen LogP contribution in [0.3, 0.4) is 0 Å². The van der Waals surface area contributed by atoms with Crippen molar-refractivity contribution in [1.82, 2.24) is 5.43 Å². The number of phenols is 2. The molecule has 0 bridgehead atoms. The van der Waals surface area contributed by atoms with Crippen LogP contribution in [0.2, 0.25) is 0 Å². The van der Waals surface area contributed by atoms with Gasteiger partial charge in [0, 0.05) is 17.2 Å². The number of phenolic OH excluding ortho intramolecular Hbond substituents is 2. The molecule has 0 aliphatic carbocycles. The maximum Gasteiger partial charge on any atom is 0.271 e. The van der Waals surface area contributed by atoms with E-state index in [0.29, 0.717) is 11.1 Å². The fourth-order valence-corrected chi connectivity index (χ4v) is 2.50. The lowest BCUT2D eigenvalue weighted by Crippen LogP contribution is -2.17. The van der Waals surface area contributed by atoms with Crippen LogP contribution in [0.25, 0.3) is 0 Å². The van der Waals surface area contributed by atoms with Crippen molar-refractivity contribution in [3.05, 3.63) is 59.2 Å². The third-order valence-corrected chi connectivity index (χ3v) is 3.93. The van der Waals surface area contributed by atoms with Gasteiger partial charge in [0.2, 0.25) is 0 Å². The monoisotopic (exact) mass is 340 g/mol. The van der Waals surface area contributed by atoms with Gasteiger partial charge in [0.25, 0.3) is 5.91 Å². The molecule has 0 spiro atoms. The molecular formula is C20H24N2O3. The molecule has 132 valence electrons. The topological polar surface area (TPSA) is 81.9 Å². The lowest BCUT2D eigenvalue weighted by atomic mass is 10.0. The molecule has 0 fully saturated rings. The smallest absolute Gasteiger partial charge is 0.271 e. The van der Waals surface area contributed by atoms with Crippen LogP contribution >= 0.6 is 0 Å². The first kappa shape index (κ1) is 18.5. The van der Waals surface area contributed by atoms with Crippen LogP contribution in [-0.2, 0) is 6.42 Å². The van der Waals surface area contributed by atoms with Gasteiger partial charge in [-0.1, -0.05) is 44.4 Å². The first-order valence-electron chi connectivity index (χ1n) is 8.55. The zero-order chi connectivity index (χ0) is 18.1. The predicted molar refractivity (Wildman–Crippen MR) is 99.1 cm³/mol. The van der Waals surface area contributed by atoms with Crippen molar-refractivity contribution in [2.45, 2.75) is 39.0 Å². The van der Waals surface area contributed by atoms with Gasteiger partial charge >= 0.3 is 0 Å². The zero-order valence-electron chi connectivity index (χ0n) is 14.4. The third-order valence-electron chi connectivity index (χ3n) is 3.93. The van der Waals surface area contributed by atoms with Gasteiger partial charge in [-0.15, -0.1) is 0 Å². The van der Waals surface area contributed by atoms with Crippen LogP contribution in [0.15, 0.2) is 47.6 Å². The van der Waals surface area contributed by atoms with Gasteiger partial charge in [-0.2, -0.15) is 5.10 Å². The van der Waals surface area contributed by atoms with Gasteiger partial charge in [-0.25, -0.2) is 5.43 Å². The number of aryl methyl sites for hydroxylation is 1. The second-order valence-corrected chi connectivity index (χ2v) is 5.92. The number of unbranched alkanes of at least 4 members (excludes halogenated alkanes) is 3. The summed E-state index contributed by atoms with van der Waals surface area (Å²) < 4.78 is 0. The van der Waals surface area contributed by atoms with Crippen LogP contribution in [0.4, 0.5) is 0 Å². The number of aromatic hydroxyl groups is 2. The van der Waals surface area contributed by atoms with E-state index in [1.54, 1.807) is 30.3 Å². The molecule has 0 unspecified atom stereocenters. The Labute approximate surface area is 148 Å². The van der Waals surface area contributed by atoms with Gasteiger partial charge < -0.3 is 10.2 Å². The molecule has 0 atom stereocenters. The summed E-state index contributed by atoms with van der Waals surface area (Å²) in [6.45, 7) is 2.15. The highest BCUT2D eigenvalue weighted by Gasteiger charge is 2.08. The zero-order valence-corrected chi connectivity index (χ0v) is 14.4. The van der Waals surface area contributed by atoms with Gasteiger partial charge in [0.1, 0.15) is 11.5 Å². The second-order valence-electron chi connectivity index (χ2n) is 5.92. The second kappa shape index (κ2) is 9.47. The third kappa shape index (κ3) is 5.64. The Bertz CT molecular complexity index is 727. The molecule has 5 nitrogen and oxygen atoms in total. The summed E-state index contributed by atoms with van der Waals surface area (Å²) in [6, 6.07) is 11.8. The minimum absolute atomic E-state index is 0.0764. The maximum atomic E-state index is 11.9. The molecule has 0 aliphatic heterocycles. The van der Waals surface area contributed by atoms with Gasteiger partial charge in [0.15, 0.2) is 0 Å². The predicted octanol–water partition coefficient (Wildman–Crippen LogP) is 3.98. The average molecular weight is 340 g/mol. The summed E-state index contributed by atoms with van der Waals surface area (Å²) >= 11 is 0. The van der Waals surface area contributed by atoms with Crippen molar-refractivity contribution in [3.8, 4) is 11.5 Å². The fraction of sp³-hybridized carbons (Fsp3) is 0.300. The average Bonchev–Trinajstić information content (AvgIpc) is 2.62. The first-order valence-corrected chi connectivity index (χ1v) is 8.55. The van der Waals surface area contributed by atoms with Crippen molar-refractivity contribution in [1.29, 1.82) is 0 Å². The summed E-state index contributed by atoms with van der Waals surface area (Å²) in [5, 5.41) is 23.8. The molecule has 0 radical (unpaired) electrons. The van der Waals surface area contributed by atoms with Gasteiger partial charge in [0.05, 0.1) is 6.21 Å². The molecule has 25 heavy (non-hydrogen) atoms. The van der Waals surface area contributed by atoms with Gasteiger partial charge in [-0.3, -0.25) is 4.79 Å². The number of nitrogens with zero attached hydrogens (tertiary/aromatic N) is 1. The lowest BCUT2D eigenvalue weighted by molar-refractivity contribution is 0.0955. The SMILES string of the molecule is CCCCCCc1cc(/C=N\NC(=O)c2ccccc2)c(O)cc1O. The molecule has 5 heteroatoms. The molecule has 2 rings (SSSR count). The van der Waals surface area contributed by atoms with E-state index in [0.717, 1.165) is 31.2 Å². The van der Waals surface area contributed by atoms with E-state index in [1.165, 1.54) is 18.7 Å². The number of hydrogen-bond donors (Lipinski definition) is 3. The Balaban J connectivity index is 2.01. The normalized spacial score (nSPS) is 10.9. The molecule has 3 N–H and O–H groups in total. The number of hydrazone groups is 1. The van der Waals surface area contributed by atoms with Crippen molar-refractivity contribution in [2.24, 2.45) is 5.10 Å². The van der Waals surface area contributed by atoms with Gasteiger partial charge in [-0.05, 0) is 36.6 Å². The molecule has 1 amide bonds. The van der Waals surface area contributed by atoms with E-state index in [2.05, 4.69) is 17.5 Å². The van der Waals surface area contributed by atoms with E-state index in [1.807, 2.05) is 6.07 Å². The minimum Gasteiger partial charge on any atom is -0.508 e. The van der Waals surface area contributed by atoms with E-state index in [9.17, 15) is 15.0 Å². The van der Waals surface area contributed by atoms with Crippen molar-refractivity contribution >= 4 is 12.1 Å². The summed E-state index contributed by atoms with van der Waals surface area (Å²) in [4.78, 5) is 11.9. The highest BCUT2D eigenvalue weighted by atomic mass is 16.3. The lowest BCUT2D eigenvalue weighted by Gasteiger charge is -2.08. The molecule has 0 heterocycles.